The standard InChI is InChI=1S/C21H23ClN4O3/c22-17-6-4-5-16(13-17)14-23-20(27)15-29-25-19-9-11-26(12-10-19)21(28)24-18-7-2-1-3-8-18/h1-8,13H,9-12,14-15H2,(H,23,27)(H,24,28). The second kappa shape index (κ2) is 10.5. The molecular formula is C21H23ClN4O3. The number of halogens is 1. The smallest absolute Gasteiger partial charge is 0.321 e. The maximum absolute atomic E-state index is 12.3. The van der Waals surface area contributed by atoms with Gasteiger partial charge < -0.3 is 20.4 Å². The van der Waals surface area contributed by atoms with Crippen molar-refractivity contribution < 1.29 is 14.4 Å². The number of oxime groups is 1. The molecule has 0 bridgehead atoms. The minimum atomic E-state index is -0.256. The average molecular weight is 415 g/mol. The van der Waals surface area contributed by atoms with Crippen molar-refractivity contribution in [1.82, 2.24) is 10.2 Å². The van der Waals surface area contributed by atoms with Crippen molar-refractivity contribution in [1.29, 1.82) is 0 Å². The van der Waals surface area contributed by atoms with Crippen LogP contribution in [0.3, 0.4) is 0 Å². The number of nitrogens with one attached hydrogen (secondary N) is 2. The Kier molecular flexibility index (Phi) is 7.47. The molecule has 1 fully saturated rings. The summed E-state index contributed by atoms with van der Waals surface area (Å²) in [5.74, 6) is -0.256. The number of piperidine rings is 1. The Labute approximate surface area is 174 Å². The van der Waals surface area contributed by atoms with Gasteiger partial charge in [0.1, 0.15) is 0 Å². The van der Waals surface area contributed by atoms with Gasteiger partial charge in [-0.25, -0.2) is 4.79 Å². The first-order valence-electron chi connectivity index (χ1n) is 9.40. The molecule has 7 nitrogen and oxygen atoms in total. The number of carbonyl (C=O) groups excluding carboxylic acids is 2. The van der Waals surface area contributed by atoms with E-state index in [2.05, 4.69) is 15.8 Å². The lowest BCUT2D eigenvalue weighted by Gasteiger charge is -2.27. The van der Waals surface area contributed by atoms with E-state index in [1.54, 1.807) is 17.0 Å². The number of likely N-dealkylation sites (tertiary alicyclic amines) is 1. The van der Waals surface area contributed by atoms with Crippen LogP contribution in [-0.4, -0.2) is 42.2 Å². The zero-order valence-corrected chi connectivity index (χ0v) is 16.7. The Balaban J connectivity index is 1.35. The third-order valence-corrected chi connectivity index (χ3v) is 4.66. The Morgan fingerprint density at radius 3 is 2.55 bits per heavy atom. The highest BCUT2D eigenvalue weighted by atomic mass is 35.5. The lowest BCUT2D eigenvalue weighted by Crippen LogP contribution is -2.41. The first-order valence-corrected chi connectivity index (χ1v) is 9.78. The molecule has 1 aliphatic heterocycles. The summed E-state index contributed by atoms with van der Waals surface area (Å²) >= 11 is 5.92. The van der Waals surface area contributed by atoms with Crippen LogP contribution in [0.15, 0.2) is 59.8 Å². The van der Waals surface area contributed by atoms with Gasteiger partial charge in [0.2, 0.25) is 0 Å². The fraction of sp³-hybridized carbons (Fsp3) is 0.286. The molecule has 3 amide bonds. The van der Waals surface area contributed by atoms with Gasteiger partial charge in [0.05, 0.1) is 5.71 Å². The van der Waals surface area contributed by atoms with Gasteiger partial charge in [-0.05, 0) is 29.8 Å². The first-order chi connectivity index (χ1) is 14.1. The largest absolute Gasteiger partial charge is 0.386 e. The highest BCUT2D eigenvalue weighted by Crippen LogP contribution is 2.12. The number of benzene rings is 2. The van der Waals surface area contributed by atoms with E-state index in [9.17, 15) is 9.59 Å². The Morgan fingerprint density at radius 2 is 1.83 bits per heavy atom. The van der Waals surface area contributed by atoms with Crippen molar-refractivity contribution in [2.75, 3.05) is 25.0 Å². The predicted octanol–water partition coefficient (Wildman–Crippen LogP) is 3.66. The number of para-hydroxylation sites is 1. The Hall–Kier alpha value is -3.06. The Morgan fingerprint density at radius 1 is 1.07 bits per heavy atom. The van der Waals surface area contributed by atoms with Crippen LogP contribution in [0.2, 0.25) is 5.02 Å². The summed E-state index contributed by atoms with van der Waals surface area (Å²) in [6.07, 6.45) is 1.23. The number of anilines is 1. The number of amides is 3. The summed E-state index contributed by atoms with van der Waals surface area (Å²) < 4.78 is 0. The molecule has 1 aliphatic rings. The van der Waals surface area contributed by atoms with Gasteiger partial charge in [0, 0.05) is 43.2 Å². The van der Waals surface area contributed by atoms with Gasteiger partial charge in [-0.1, -0.05) is 47.1 Å². The highest BCUT2D eigenvalue weighted by Gasteiger charge is 2.20. The number of carbonyl (C=O) groups is 2. The maximum atomic E-state index is 12.3. The van der Waals surface area contributed by atoms with Crippen LogP contribution in [0.4, 0.5) is 10.5 Å². The molecule has 2 aromatic carbocycles. The van der Waals surface area contributed by atoms with Crippen molar-refractivity contribution in [3.8, 4) is 0 Å². The maximum Gasteiger partial charge on any atom is 0.321 e. The zero-order valence-electron chi connectivity index (χ0n) is 15.9. The highest BCUT2D eigenvalue weighted by molar-refractivity contribution is 6.30. The van der Waals surface area contributed by atoms with E-state index in [0.29, 0.717) is 37.5 Å². The molecule has 152 valence electrons. The van der Waals surface area contributed by atoms with Crippen molar-refractivity contribution in [3.05, 3.63) is 65.2 Å². The normalized spacial score (nSPS) is 13.6. The van der Waals surface area contributed by atoms with Crippen LogP contribution in [0.1, 0.15) is 18.4 Å². The summed E-state index contributed by atoms with van der Waals surface area (Å²) in [6.45, 7) is 1.34. The zero-order chi connectivity index (χ0) is 20.5. The summed E-state index contributed by atoms with van der Waals surface area (Å²) in [7, 11) is 0. The van der Waals surface area contributed by atoms with Gasteiger partial charge in [0.15, 0.2) is 6.61 Å². The van der Waals surface area contributed by atoms with Crippen LogP contribution < -0.4 is 10.6 Å². The van der Waals surface area contributed by atoms with Crippen LogP contribution in [-0.2, 0) is 16.2 Å². The number of rotatable bonds is 6. The summed E-state index contributed by atoms with van der Waals surface area (Å²) in [4.78, 5) is 31.0. The van der Waals surface area contributed by atoms with Gasteiger partial charge in [-0.2, -0.15) is 0 Å². The molecule has 29 heavy (non-hydrogen) atoms. The SMILES string of the molecule is O=C(CON=C1CCN(C(=O)Nc2ccccc2)CC1)NCc1cccc(Cl)c1. The minimum Gasteiger partial charge on any atom is -0.386 e. The second-order valence-corrected chi connectivity index (χ2v) is 7.06. The van der Waals surface area contributed by atoms with Crippen molar-refractivity contribution in [2.24, 2.45) is 5.16 Å². The molecule has 1 heterocycles. The molecule has 0 saturated carbocycles. The molecule has 0 atom stereocenters. The van der Waals surface area contributed by atoms with Crippen LogP contribution >= 0.6 is 11.6 Å². The van der Waals surface area contributed by atoms with Gasteiger partial charge in [-0.15, -0.1) is 0 Å². The third kappa shape index (κ3) is 6.80. The topological polar surface area (TPSA) is 83.0 Å². The van der Waals surface area contributed by atoms with E-state index in [1.807, 2.05) is 42.5 Å². The quantitative estimate of drug-likeness (QED) is 0.707. The summed E-state index contributed by atoms with van der Waals surface area (Å²) in [5.41, 5.74) is 2.53. The molecule has 0 aromatic heterocycles. The molecule has 0 unspecified atom stereocenters. The average Bonchev–Trinajstić information content (AvgIpc) is 2.73. The molecule has 2 aromatic rings. The lowest BCUT2D eigenvalue weighted by atomic mass is 10.1. The van der Waals surface area contributed by atoms with E-state index in [4.69, 9.17) is 16.4 Å². The van der Waals surface area contributed by atoms with Crippen LogP contribution in [0, 0.1) is 0 Å². The van der Waals surface area contributed by atoms with Crippen molar-refractivity contribution in [2.45, 2.75) is 19.4 Å². The van der Waals surface area contributed by atoms with E-state index in [1.165, 1.54) is 0 Å². The van der Waals surface area contributed by atoms with Gasteiger partial charge in [0.25, 0.3) is 5.91 Å². The van der Waals surface area contributed by atoms with E-state index >= 15 is 0 Å². The molecular weight excluding hydrogens is 392 g/mol. The predicted molar refractivity (Wildman–Crippen MR) is 113 cm³/mol. The van der Waals surface area contributed by atoms with Crippen molar-refractivity contribution >= 4 is 34.9 Å². The minimum absolute atomic E-state index is 0.128. The Bertz CT molecular complexity index is 863. The molecule has 0 radical (unpaired) electrons. The molecule has 8 heteroatoms. The third-order valence-electron chi connectivity index (χ3n) is 4.42. The summed E-state index contributed by atoms with van der Waals surface area (Å²) in [5, 5.41) is 10.3. The fourth-order valence-electron chi connectivity index (χ4n) is 2.86. The molecule has 0 aliphatic carbocycles. The summed E-state index contributed by atoms with van der Waals surface area (Å²) in [6, 6.07) is 16.5. The van der Waals surface area contributed by atoms with Crippen LogP contribution in [0.5, 0.6) is 0 Å². The van der Waals surface area contributed by atoms with Gasteiger partial charge in [-0.3, -0.25) is 4.79 Å². The van der Waals surface area contributed by atoms with E-state index in [-0.39, 0.29) is 18.5 Å². The number of nitrogens with zero attached hydrogens (tertiary/aromatic N) is 2. The van der Waals surface area contributed by atoms with Crippen LogP contribution in [0.25, 0.3) is 0 Å². The molecule has 0 spiro atoms. The molecule has 3 rings (SSSR count). The lowest BCUT2D eigenvalue weighted by molar-refractivity contribution is -0.125. The van der Waals surface area contributed by atoms with Crippen molar-refractivity contribution in [3.63, 3.8) is 0 Å². The molecule has 1 saturated heterocycles. The molecule has 2 N–H and O–H groups in total. The number of hydrogen-bond donors (Lipinski definition) is 2. The fourth-order valence-corrected chi connectivity index (χ4v) is 3.08. The monoisotopic (exact) mass is 414 g/mol. The first kappa shape index (κ1) is 20.7. The number of urea groups is 1. The second-order valence-electron chi connectivity index (χ2n) is 6.62. The number of hydrogen-bond acceptors (Lipinski definition) is 4. The van der Waals surface area contributed by atoms with Gasteiger partial charge >= 0.3 is 6.03 Å². The van der Waals surface area contributed by atoms with E-state index in [0.717, 1.165) is 17.0 Å². The van der Waals surface area contributed by atoms with E-state index < -0.39 is 0 Å².